The molecule has 0 radical (unpaired) electrons. The molecule has 0 bridgehead atoms. The first kappa shape index (κ1) is 5.63. The lowest BCUT2D eigenvalue weighted by molar-refractivity contribution is 1.25. The van der Waals surface area contributed by atoms with Crippen LogP contribution in [-0.4, -0.2) is 19.3 Å². The summed E-state index contributed by atoms with van der Waals surface area (Å²) in [6.45, 7) is 2.48. The summed E-state index contributed by atoms with van der Waals surface area (Å²) in [4.78, 5) is 3.80. The van der Waals surface area contributed by atoms with E-state index in [1.54, 1.807) is 7.05 Å². The first-order valence-electron chi connectivity index (χ1n) is 1.93. The van der Waals surface area contributed by atoms with Gasteiger partial charge in [0.1, 0.15) is 0 Å². The van der Waals surface area contributed by atoms with Gasteiger partial charge in [-0.25, -0.2) is 0 Å². The second-order valence-corrected chi connectivity index (χ2v) is 1.16. The normalized spacial score (nSPS) is 12.2. The van der Waals surface area contributed by atoms with Crippen LogP contribution in [0.3, 0.4) is 0 Å². The minimum atomic E-state index is 0.580. The molecule has 0 heterocycles. The van der Waals surface area contributed by atoms with Gasteiger partial charge in [-0.05, 0) is 6.92 Å². The van der Waals surface area contributed by atoms with Crippen LogP contribution in [0.5, 0.6) is 0 Å². The second kappa shape index (κ2) is 2.85. The van der Waals surface area contributed by atoms with Crippen LogP contribution >= 0.6 is 0 Å². The average molecular weight is 86.1 g/mol. The number of hydrogen-bond acceptors (Lipinski definition) is 2. The summed E-state index contributed by atoms with van der Waals surface area (Å²) in [5.74, 6) is 0. The van der Waals surface area contributed by atoms with Gasteiger partial charge in [0, 0.05) is 19.3 Å². The lowest BCUT2D eigenvalue weighted by Crippen LogP contribution is -2.08. The Bertz CT molecular complexity index is 56.6. The van der Waals surface area contributed by atoms with Gasteiger partial charge >= 0.3 is 0 Å². The molecule has 0 aliphatic heterocycles. The summed E-state index contributed by atoms with van der Waals surface area (Å²) in [7, 11) is 1.74. The van der Waals surface area contributed by atoms with E-state index in [0.29, 0.717) is 6.54 Å². The molecule has 2 heteroatoms. The molecule has 6 heavy (non-hydrogen) atoms. The van der Waals surface area contributed by atoms with Crippen LogP contribution in [-0.2, 0) is 0 Å². The molecular formula is C4H10N2. The molecule has 0 aromatic rings. The molecule has 0 saturated carbocycles. The number of hydrogen-bond donors (Lipinski definition) is 1. The van der Waals surface area contributed by atoms with Crippen LogP contribution in [0, 0.1) is 0 Å². The van der Waals surface area contributed by atoms with Crippen LogP contribution in [0.1, 0.15) is 6.92 Å². The van der Waals surface area contributed by atoms with Crippen molar-refractivity contribution in [3.05, 3.63) is 0 Å². The SMILES string of the molecule is C/N=C(/C)CN. The van der Waals surface area contributed by atoms with E-state index in [0.717, 1.165) is 5.71 Å². The Labute approximate surface area is 38.1 Å². The largest absolute Gasteiger partial charge is 0.326 e. The Morgan fingerprint density at radius 1 is 1.83 bits per heavy atom. The van der Waals surface area contributed by atoms with E-state index in [1.165, 1.54) is 0 Å². The van der Waals surface area contributed by atoms with Gasteiger partial charge in [0.05, 0.1) is 0 Å². The molecule has 2 N–H and O–H groups in total. The number of nitrogens with two attached hydrogens (primary N) is 1. The highest BCUT2D eigenvalue weighted by molar-refractivity contribution is 5.83. The van der Waals surface area contributed by atoms with E-state index >= 15 is 0 Å². The molecule has 0 aliphatic rings. The minimum absolute atomic E-state index is 0.580. The van der Waals surface area contributed by atoms with Gasteiger partial charge in [0.25, 0.3) is 0 Å². The second-order valence-electron chi connectivity index (χ2n) is 1.16. The summed E-state index contributed by atoms with van der Waals surface area (Å²) in [5.41, 5.74) is 6.15. The molecule has 0 aromatic heterocycles. The van der Waals surface area contributed by atoms with Crippen molar-refractivity contribution < 1.29 is 0 Å². The standard InChI is InChI=1S/C4H10N2/c1-4(3-5)6-2/h3,5H2,1-2H3/b6-4-. The minimum Gasteiger partial charge on any atom is -0.326 e. The van der Waals surface area contributed by atoms with Gasteiger partial charge in [0.15, 0.2) is 0 Å². The van der Waals surface area contributed by atoms with Crippen molar-refractivity contribution >= 4 is 5.71 Å². The molecule has 0 unspecified atom stereocenters. The smallest absolute Gasteiger partial charge is 0.0307 e. The van der Waals surface area contributed by atoms with Crippen LogP contribution in [0.4, 0.5) is 0 Å². The molecule has 0 fully saturated rings. The van der Waals surface area contributed by atoms with E-state index in [1.807, 2.05) is 6.92 Å². The van der Waals surface area contributed by atoms with Gasteiger partial charge in [-0.1, -0.05) is 0 Å². The van der Waals surface area contributed by atoms with Gasteiger partial charge < -0.3 is 5.73 Å². The van der Waals surface area contributed by atoms with E-state index in [2.05, 4.69) is 4.99 Å². The highest BCUT2D eigenvalue weighted by Gasteiger charge is 1.75. The summed E-state index contributed by atoms with van der Waals surface area (Å²) >= 11 is 0. The molecule has 0 spiro atoms. The third-order valence-corrected chi connectivity index (χ3v) is 0.677. The zero-order valence-corrected chi connectivity index (χ0v) is 4.23. The Morgan fingerprint density at radius 3 is 2.33 bits per heavy atom. The Morgan fingerprint density at radius 2 is 2.33 bits per heavy atom. The third kappa shape index (κ3) is 1.91. The predicted molar refractivity (Wildman–Crippen MR) is 28.1 cm³/mol. The Hall–Kier alpha value is -0.370. The average Bonchev–Trinajstić information content (AvgIpc) is 1.65. The topological polar surface area (TPSA) is 38.4 Å². The van der Waals surface area contributed by atoms with Crippen LogP contribution in [0.2, 0.25) is 0 Å². The summed E-state index contributed by atoms with van der Waals surface area (Å²) in [6, 6.07) is 0. The first-order valence-corrected chi connectivity index (χ1v) is 1.93. The van der Waals surface area contributed by atoms with Crippen LogP contribution < -0.4 is 5.73 Å². The van der Waals surface area contributed by atoms with Gasteiger partial charge in [-0.15, -0.1) is 0 Å². The fraction of sp³-hybridized carbons (Fsp3) is 0.750. The first-order chi connectivity index (χ1) is 2.81. The van der Waals surface area contributed by atoms with Gasteiger partial charge in [0.2, 0.25) is 0 Å². The number of aliphatic imine (C=N–C) groups is 1. The lowest BCUT2D eigenvalue weighted by atomic mass is 10.4. The van der Waals surface area contributed by atoms with Crippen molar-refractivity contribution in [3.8, 4) is 0 Å². The molecule has 0 amide bonds. The van der Waals surface area contributed by atoms with E-state index < -0.39 is 0 Å². The molecule has 0 aromatic carbocycles. The molecule has 0 rings (SSSR count). The Balaban J connectivity index is 3.22. The highest BCUT2D eigenvalue weighted by atomic mass is 14.7. The molecular weight excluding hydrogens is 76.1 g/mol. The third-order valence-electron chi connectivity index (χ3n) is 0.677. The Kier molecular flexibility index (Phi) is 2.67. The van der Waals surface area contributed by atoms with Crippen molar-refractivity contribution in [1.82, 2.24) is 0 Å². The van der Waals surface area contributed by atoms with Crippen LogP contribution in [0.15, 0.2) is 4.99 Å². The van der Waals surface area contributed by atoms with Crippen LogP contribution in [0.25, 0.3) is 0 Å². The van der Waals surface area contributed by atoms with E-state index in [4.69, 9.17) is 5.73 Å². The predicted octanol–water partition coefficient (Wildman–Crippen LogP) is 0.0358. The number of rotatable bonds is 1. The fourth-order valence-corrected chi connectivity index (χ4v) is 0.0913. The maximum absolute atomic E-state index is 5.15. The zero-order valence-electron chi connectivity index (χ0n) is 4.23. The molecule has 36 valence electrons. The molecule has 0 aliphatic carbocycles. The maximum atomic E-state index is 5.15. The summed E-state index contributed by atoms with van der Waals surface area (Å²) in [6.07, 6.45) is 0. The van der Waals surface area contributed by atoms with E-state index in [-0.39, 0.29) is 0 Å². The van der Waals surface area contributed by atoms with Crippen molar-refractivity contribution in [2.75, 3.05) is 13.6 Å². The van der Waals surface area contributed by atoms with E-state index in [9.17, 15) is 0 Å². The monoisotopic (exact) mass is 86.1 g/mol. The van der Waals surface area contributed by atoms with Crippen molar-refractivity contribution in [2.45, 2.75) is 6.92 Å². The fourth-order valence-electron chi connectivity index (χ4n) is 0.0913. The number of nitrogens with zero attached hydrogens (tertiary/aromatic N) is 1. The lowest BCUT2D eigenvalue weighted by Gasteiger charge is -1.84. The van der Waals surface area contributed by atoms with Gasteiger partial charge in [-0.3, -0.25) is 4.99 Å². The summed E-state index contributed by atoms with van der Waals surface area (Å²) < 4.78 is 0. The molecule has 2 nitrogen and oxygen atoms in total. The van der Waals surface area contributed by atoms with Crippen molar-refractivity contribution in [2.24, 2.45) is 10.7 Å². The van der Waals surface area contributed by atoms with Crippen molar-refractivity contribution in [3.63, 3.8) is 0 Å². The highest BCUT2D eigenvalue weighted by Crippen LogP contribution is 1.63. The summed E-state index contributed by atoms with van der Waals surface area (Å²) in [5, 5.41) is 0. The van der Waals surface area contributed by atoms with Crippen molar-refractivity contribution in [1.29, 1.82) is 0 Å². The maximum Gasteiger partial charge on any atom is 0.0307 e. The molecule has 0 atom stereocenters. The van der Waals surface area contributed by atoms with Gasteiger partial charge in [-0.2, -0.15) is 0 Å². The quantitative estimate of drug-likeness (QED) is 0.449. The zero-order chi connectivity index (χ0) is 4.99. The molecule has 0 saturated heterocycles.